The van der Waals surface area contributed by atoms with Crippen molar-refractivity contribution in [3.05, 3.63) is 23.9 Å². The predicted octanol–water partition coefficient (Wildman–Crippen LogP) is 2.83. The highest BCUT2D eigenvalue weighted by molar-refractivity contribution is 14.0. The Bertz CT molecular complexity index is 470. The molecule has 0 aliphatic rings. The van der Waals surface area contributed by atoms with Gasteiger partial charge in [0.2, 0.25) is 5.88 Å². The molecular formula is C17H31IN4O2. The Balaban J connectivity index is 0.00000529. The molecule has 7 heteroatoms. The first-order valence-corrected chi connectivity index (χ1v) is 8.26. The number of nitrogens with one attached hydrogen (secondary N) is 2. The fourth-order valence-corrected chi connectivity index (χ4v) is 1.89. The van der Waals surface area contributed by atoms with Crippen LogP contribution in [0.2, 0.25) is 0 Å². The van der Waals surface area contributed by atoms with Crippen LogP contribution in [0.3, 0.4) is 0 Å². The second kappa shape index (κ2) is 14.3. The standard InChI is InChI=1S/C17H30N4O2.HI/c1-5-23-16-15(7-6-9-19-16)13-21-17(18-4)20-10-12-22-11-8-14(2)3;/h6-7,9,14H,5,8,10-13H2,1-4H3,(H2,18,20,21);1H. The SMILES string of the molecule is CCOc1ncccc1CNC(=NC)NCCOCCC(C)C.I. The zero-order valence-corrected chi connectivity index (χ0v) is 17.5. The molecule has 0 spiro atoms. The van der Waals surface area contributed by atoms with E-state index in [2.05, 4.69) is 34.5 Å². The Morgan fingerprint density at radius 2 is 2.08 bits per heavy atom. The van der Waals surface area contributed by atoms with Crippen LogP contribution in [-0.2, 0) is 11.3 Å². The average molecular weight is 450 g/mol. The molecule has 0 aliphatic carbocycles. The van der Waals surface area contributed by atoms with E-state index in [4.69, 9.17) is 9.47 Å². The van der Waals surface area contributed by atoms with E-state index in [-0.39, 0.29) is 24.0 Å². The summed E-state index contributed by atoms with van der Waals surface area (Å²) in [5.41, 5.74) is 1.01. The van der Waals surface area contributed by atoms with Crippen LogP contribution in [0.4, 0.5) is 0 Å². The molecule has 0 saturated heterocycles. The lowest BCUT2D eigenvalue weighted by Crippen LogP contribution is -2.38. The molecule has 1 rings (SSSR count). The zero-order chi connectivity index (χ0) is 16.9. The van der Waals surface area contributed by atoms with Gasteiger partial charge in [0.1, 0.15) is 0 Å². The highest BCUT2D eigenvalue weighted by Crippen LogP contribution is 2.13. The lowest BCUT2D eigenvalue weighted by molar-refractivity contribution is 0.128. The van der Waals surface area contributed by atoms with Gasteiger partial charge in [0, 0.05) is 38.5 Å². The van der Waals surface area contributed by atoms with Gasteiger partial charge in [-0.1, -0.05) is 19.9 Å². The fourth-order valence-electron chi connectivity index (χ4n) is 1.89. The molecule has 0 radical (unpaired) electrons. The Kier molecular flexibility index (Phi) is 13.6. The molecule has 138 valence electrons. The third-order valence-corrected chi connectivity index (χ3v) is 3.18. The Hall–Kier alpha value is -1.09. The molecule has 2 N–H and O–H groups in total. The van der Waals surface area contributed by atoms with Crippen LogP contribution in [0.15, 0.2) is 23.3 Å². The normalized spacial score (nSPS) is 11.1. The first-order chi connectivity index (χ1) is 11.2. The summed E-state index contributed by atoms with van der Waals surface area (Å²) in [6.07, 6.45) is 2.82. The number of halogens is 1. The van der Waals surface area contributed by atoms with Crippen molar-refractivity contribution in [1.82, 2.24) is 15.6 Å². The molecule has 0 aliphatic heterocycles. The maximum absolute atomic E-state index is 5.58. The van der Waals surface area contributed by atoms with Crippen LogP contribution in [0, 0.1) is 5.92 Å². The minimum absolute atomic E-state index is 0. The minimum atomic E-state index is 0. The van der Waals surface area contributed by atoms with Crippen molar-refractivity contribution in [2.45, 2.75) is 33.7 Å². The molecule has 0 bridgehead atoms. The highest BCUT2D eigenvalue weighted by atomic mass is 127. The van der Waals surface area contributed by atoms with Gasteiger partial charge in [-0.3, -0.25) is 4.99 Å². The summed E-state index contributed by atoms with van der Waals surface area (Å²) in [7, 11) is 1.75. The van der Waals surface area contributed by atoms with E-state index in [0.29, 0.717) is 31.6 Å². The molecule has 0 amide bonds. The molecule has 1 aromatic heterocycles. The van der Waals surface area contributed by atoms with E-state index in [1.807, 2.05) is 19.1 Å². The maximum atomic E-state index is 5.58. The van der Waals surface area contributed by atoms with Gasteiger partial charge in [-0.25, -0.2) is 4.98 Å². The number of aromatic nitrogens is 1. The quantitative estimate of drug-likeness (QED) is 0.248. The first kappa shape index (κ1) is 22.9. The van der Waals surface area contributed by atoms with Crippen LogP contribution < -0.4 is 15.4 Å². The van der Waals surface area contributed by atoms with Crippen LogP contribution in [0.5, 0.6) is 5.88 Å². The van der Waals surface area contributed by atoms with Gasteiger partial charge >= 0.3 is 0 Å². The lowest BCUT2D eigenvalue weighted by atomic mass is 10.1. The molecule has 0 atom stereocenters. The van der Waals surface area contributed by atoms with Crippen molar-refractivity contribution in [2.75, 3.05) is 33.4 Å². The number of hydrogen-bond donors (Lipinski definition) is 2. The Labute approximate surface area is 162 Å². The summed E-state index contributed by atoms with van der Waals surface area (Å²) in [6, 6.07) is 3.89. The summed E-state index contributed by atoms with van der Waals surface area (Å²) in [6.45, 7) is 9.75. The van der Waals surface area contributed by atoms with E-state index in [9.17, 15) is 0 Å². The third kappa shape index (κ3) is 9.92. The number of hydrogen-bond acceptors (Lipinski definition) is 4. The summed E-state index contributed by atoms with van der Waals surface area (Å²) in [5, 5.41) is 6.49. The van der Waals surface area contributed by atoms with Crippen molar-refractivity contribution in [2.24, 2.45) is 10.9 Å². The smallest absolute Gasteiger partial charge is 0.218 e. The van der Waals surface area contributed by atoms with Crippen LogP contribution >= 0.6 is 24.0 Å². The fraction of sp³-hybridized carbons (Fsp3) is 0.647. The second-order valence-corrected chi connectivity index (χ2v) is 5.55. The van der Waals surface area contributed by atoms with Crippen molar-refractivity contribution < 1.29 is 9.47 Å². The lowest BCUT2D eigenvalue weighted by Gasteiger charge is -2.14. The molecular weight excluding hydrogens is 419 g/mol. The van der Waals surface area contributed by atoms with Gasteiger partial charge in [-0.15, -0.1) is 24.0 Å². The van der Waals surface area contributed by atoms with E-state index < -0.39 is 0 Å². The topological polar surface area (TPSA) is 67.8 Å². The van der Waals surface area contributed by atoms with Crippen molar-refractivity contribution >= 4 is 29.9 Å². The van der Waals surface area contributed by atoms with Gasteiger partial charge in [0.05, 0.1) is 13.2 Å². The summed E-state index contributed by atoms with van der Waals surface area (Å²) < 4.78 is 11.1. The Morgan fingerprint density at radius 1 is 1.29 bits per heavy atom. The number of guanidine groups is 1. The molecule has 0 fully saturated rings. The summed E-state index contributed by atoms with van der Waals surface area (Å²) >= 11 is 0. The van der Waals surface area contributed by atoms with Crippen molar-refractivity contribution in [1.29, 1.82) is 0 Å². The maximum Gasteiger partial charge on any atom is 0.218 e. The minimum Gasteiger partial charge on any atom is -0.478 e. The molecule has 1 heterocycles. The number of pyridine rings is 1. The van der Waals surface area contributed by atoms with Gasteiger partial charge in [0.15, 0.2) is 5.96 Å². The summed E-state index contributed by atoms with van der Waals surface area (Å²) in [5.74, 6) is 2.08. The second-order valence-electron chi connectivity index (χ2n) is 5.55. The van der Waals surface area contributed by atoms with Crippen molar-refractivity contribution in [3.63, 3.8) is 0 Å². The predicted molar refractivity (Wildman–Crippen MR) is 109 cm³/mol. The Morgan fingerprint density at radius 3 is 2.75 bits per heavy atom. The van der Waals surface area contributed by atoms with Gasteiger partial charge in [0.25, 0.3) is 0 Å². The monoisotopic (exact) mass is 450 g/mol. The molecule has 24 heavy (non-hydrogen) atoms. The van der Waals surface area contributed by atoms with E-state index in [1.54, 1.807) is 13.2 Å². The number of rotatable bonds is 10. The third-order valence-electron chi connectivity index (χ3n) is 3.18. The van der Waals surface area contributed by atoms with Gasteiger partial charge in [-0.2, -0.15) is 0 Å². The van der Waals surface area contributed by atoms with Crippen molar-refractivity contribution in [3.8, 4) is 5.88 Å². The molecule has 1 aromatic rings. The van der Waals surface area contributed by atoms with Crippen LogP contribution in [0.25, 0.3) is 0 Å². The highest BCUT2D eigenvalue weighted by Gasteiger charge is 2.05. The van der Waals surface area contributed by atoms with E-state index in [0.717, 1.165) is 31.1 Å². The van der Waals surface area contributed by atoms with Crippen LogP contribution in [-0.4, -0.2) is 44.4 Å². The number of ether oxygens (including phenoxy) is 2. The van der Waals surface area contributed by atoms with Gasteiger partial charge < -0.3 is 20.1 Å². The zero-order valence-electron chi connectivity index (χ0n) is 15.2. The number of nitrogens with zero attached hydrogens (tertiary/aromatic N) is 2. The van der Waals surface area contributed by atoms with Gasteiger partial charge in [-0.05, 0) is 25.3 Å². The molecule has 0 saturated carbocycles. The average Bonchev–Trinajstić information content (AvgIpc) is 2.54. The largest absolute Gasteiger partial charge is 0.478 e. The first-order valence-electron chi connectivity index (χ1n) is 8.26. The van der Waals surface area contributed by atoms with E-state index in [1.165, 1.54) is 0 Å². The molecule has 0 unspecified atom stereocenters. The molecule has 6 nitrogen and oxygen atoms in total. The van der Waals surface area contributed by atoms with E-state index >= 15 is 0 Å². The number of aliphatic imine (C=N–C) groups is 1. The summed E-state index contributed by atoms with van der Waals surface area (Å²) in [4.78, 5) is 8.44. The van der Waals surface area contributed by atoms with Crippen LogP contribution in [0.1, 0.15) is 32.8 Å². The molecule has 0 aromatic carbocycles.